The molecule has 228 valence electrons. The molecule has 0 unspecified atom stereocenters. The average molecular weight is 626 g/mol. The molecule has 4 nitrogen and oxygen atoms in total. The van der Waals surface area contributed by atoms with Gasteiger partial charge in [0.05, 0.1) is 0 Å². The first kappa shape index (κ1) is 27.5. The van der Waals surface area contributed by atoms with E-state index in [1.807, 2.05) is 48.5 Å². The minimum Gasteiger partial charge on any atom is -0.455 e. The van der Waals surface area contributed by atoms with E-state index in [2.05, 4.69) is 115 Å². The molecule has 8 aromatic carbocycles. The maximum atomic E-state index is 6.58. The van der Waals surface area contributed by atoms with E-state index in [9.17, 15) is 0 Å². The highest BCUT2D eigenvalue weighted by Crippen LogP contribution is 2.43. The predicted octanol–water partition coefficient (Wildman–Crippen LogP) is 11.9. The normalized spacial score (nSPS) is 11.7. The van der Waals surface area contributed by atoms with Crippen LogP contribution in [-0.4, -0.2) is 15.0 Å². The second-order valence-electron chi connectivity index (χ2n) is 12.4. The first-order chi connectivity index (χ1) is 24.3. The zero-order valence-electron chi connectivity index (χ0n) is 26.3. The molecule has 2 heterocycles. The van der Waals surface area contributed by atoms with Gasteiger partial charge in [-0.05, 0) is 50.9 Å². The molecule has 0 saturated heterocycles. The molecule has 0 aliphatic heterocycles. The quantitative estimate of drug-likeness (QED) is 0.183. The molecule has 0 spiro atoms. The van der Waals surface area contributed by atoms with Gasteiger partial charge >= 0.3 is 0 Å². The third-order valence-electron chi connectivity index (χ3n) is 9.48. The average Bonchev–Trinajstić information content (AvgIpc) is 3.58. The van der Waals surface area contributed by atoms with Gasteiger partial charge in [-0.3, -0.25) is 0 Å². The van der Waals surface area contributed by atoms with E-state index in [1.54, 1.807) is 0 Å². The molecule has 0 saturated carbocycles. The lowest BCUT2D eigenvalue weighted by molar-refractivity contribution is 0.673. The molecule has 0 atom stereocenters. The van der Waals surface area contributed by atoms with Crippen LogP contribution in [-0.2, 0) is 0 Å². The van der Waals surface area contributed by atoms with Crippen LogP contribution in [0.3, 0.4) is 0 Å². The molecule has 2 aromatic heterocycles. The number of para-hydroxylation sites is 1. The summed E-state index contributed by atoms with van der Waals surface area (Å²) < 4.78 is 6.58. The molecule has 0 fully saturated rings. The van der Waals surface area contributed by atoms with Crippen molar-refractivity contribution >= 4 is 54.3 Å². The van der Waals surface area contributed by atoms with Crippen LogP contribution in [0.25, 0.3) is 99.5 Å². The standard InChI is InChI=1S/C45H27N3O/c1-3-12-28(13-4-1)30-22-23-32-27-33(25-24-31(32)26-30)44-46-43(29-14-5-2-6-15-29)47-45(48-44)38-20-11-19-37-40(38)34-16-7-8-17-35(34)41-36-18-9-10-21-39(36)49-42(37)41/h1-27H. The number of aromatic nitrogens is 3. The summed E-state index contributed by atoms with van der Waals surface area (Å²) in [5.41, 5.74) is 6.95. The summed E-state index contributed by atoms with van der Waals surface area (Å²) >= 11 is 0. The Morgan fingerprint density at radius 1 is 0.347 bits per heavy atom. The predicted molar refractivity (Wildman–Crippen MR) is 201 cm³/mol. The van der Waals surface area contributed by atoms with Crippen LogP contribution in [0.2, 0.25) is 0 Å². The lowest BCUT2D eigenvalue weighted by Crippen LogP contribution is -2.00. The second kappa shape index (κ2) is 11.0. The molecule has 0 aliphatic carbocycles. The van der Waals surface area contributed by atoms with E-state index >= 15 is 0 Å². The molecule has 0 radical (unpaired) electrons. The number of rotatable bonds is 4. The summed E-state index contributed by atoms with van der Waals surface area (Å²) in [6.07, 6.45) is 0. The topological polar surface area (TPSA) is 51.8 Å². The molecule has 10 aromatic rings. The Morgan fingerprint density at radius 2 is 0.898 bits per heavy atom. The molecular weight excluding hydrogens is 599 g/mol. The van der Waals surface area contributed by atoms with Crippen molar-refractivity contribution in [3.63, 3.8) is 0 Å². The van der Waals surface area contributed by atoms with E-state index in [0.29, 0.717) is 17.5 Å². The van der Waals surface area contributed by atoms with Gasteiger partial charge in [0.25, 0.3) is 0 Å². The van der Waals surface area contributed by atoms with Crippen LogP contribution in [0, 0.1) is 0 Å². The van der Waals surface area contributed by atoms with Crippen LogP contribution in [0.5, 0.6) is 0 Å². The summed E-state index contributed by atoms with van der Waals surface area (Å²) in [6, 6.07) is 56.8. The second-order valence-corrected chi connectivity index (χ2v) is 12.4. The number of fused-ring (bicyclic) bond motifs is 9. The molecule has 4 heteroatoms. The van der Waals surface area contributed by atoms with Gasteiger partial charge in [-0.1, -0.05) is 146 Å². The Kier molecular flexibility index (Phi) is 6.15. The van der Waals surface area contributed by atoms with Gasteiger partial charge in [-0.15, -0.1) is 0 Å². The Bertz CT molecular complexity index is 2880. The van der Waals surface area contributed by atoms with Crippen LogP contribution >= 0.6 is 0 Å². The van der Waals surface area contributed by atoms with E-state index < -0.39 is 0 Å². The van der Waals surface area contributed by atoms with E-state index in [1.165, 1.54) is 11.1 Å². The first-order valence-corrected chi connectivity index (χ1v) is 16.4. The third-order valence-corrected chi connectivity index (χ3v) is 9.48. The monoisotopic (exact) mass is 625 g/mol. The molecule has 10 rings (SSSR count). The van der Waals surface area contributed by atoms with Crippen LogP contribution < -0.4 is 0 Å². The Labute approximate surface area is 282 Å². The Hall–Kier alpha value is -6.65. The maximum Gasteiger partial charge on any atom is 0.164 e. The lowest BCUT2D eigenvalue weighted by Gasteiger charge is -2.13. The first-order valence-electron chi connectivity index (χ1n) is 16.4. The fourth-order valence-corrected chi connectivity index (χ4v) is 7.18. The Morgan fingerprint density at radius 3 is 1.65 bits per heavy atom. The fraction of sp³-hybridized carbons (Fsp3) is 0. The van der Waals surface area contributed by atoms with E-state index in [0.717, 1.165) is 70.9 Å². The zero-order chi connectivity index (χ0) is 32.3. The lowest BCUT2D eigenvalue weighted by atomic mass is 9.93. The van der Waals surface area contributed by atoms with Gasteiger partial charge in [-0.2, -0.15) is 0 Å². The van der Waals surface area contributed by atoms with Gasteiger partial charge in [0.15, 0.2) is 17.5 Å². The van der Waals surface area contributed by atoms with E-state index in [4.69, 9.17) is 19.4 Å². The summed E-state index contributed by atoms with van der Waals surface area (Å²) in [5.74, 6) is 1.88. The highest BCUT2D eigenvalue weighted by molar-refractivity contribution is 6.32. The fourth-order valence-electron chi connectivity index (χ4n) is 7.18. The number of nitrogens with zero attached hydrogens (tertiary/aromatic N) is 3. The van der Waals surface area contributed by atoms with Crippen molar-refractivity contribution in [3.8, 4) is 45.3 Å². The maximum absolute atomic E-state index is 6.58. The Balaban J connectivity index is 1.21. The van der Waals surface area contributed by atoms with Crippen molar-refractivity contribution in [2.75, 3.05) is 0 Å². The van der Waals surface area contributed by atoms with Gasteiger partial charge in [0, 0.05) is 38.2 Å². The number of furan rings is 1. The number of hydrogen-bond donors (Lipinski definition) is 0. The molecule has 0 bridgehead atoms. The van der Waals surface area contributed by atoms with Crippen molar-refractivity contribution in [2.45, 2.75) is 0 Å². The van der Waals surface area contributed by atoms with Gasteiger partial charge in [-0.25, -0.2) is 15.0 Å². The zero-order valence-corrected chi connectivity index (χ0v) is 26.3. The van der Waals surface area contributed by atoms with Crippen molar-refractivity contribution < 1.29 is 4.42 Å². The summed E-state index contributed by atoms with van der Waals surface area (Å²) in [5, 5.41) is 8.91. The minimum absolute atomic E-state index is 0.620. The molecule has 49 heavy (non-hydrogen) atoms. The summed E-state index contributed by atoms with van der Waals surface area (Å²) in [6.45, 7) is 0. The minimum atomic E-state index is 0.620. The van der Waals surface area contributed by atoms with Crippen molar-refractivity contribution in [3.05, 3.63) is 164 Å². The number of benzene rings is 8. The third kappa shape index (κ3) is 4.49. The van der Waals surface area contributed by atoms with Crippen molar-refractivity contribution in [1.29, 1.82) is 0 Å². The smallest absolute Gasteiger partial charge is 0.164 e. The summed E-state index contributed by atoms with van der Waals surface area (Å²) in [4.78, 5) is 15.4. The van der Waals surface area contributed by atoms with Crippen molar-refractivity contribution in [1.82, 2.24) is 15.0 Å². The van der Waals surface area contributed by atoms with Gasteiger partial charge in [0.2, 0.25) is 0 Å². The van der Waals surface area contributed by atoms with E-state index in [-0.39, 0.29) is 0 Å². The van der Waals surface area contributed by atoms with Crippen LogP contribution in [0.1, 0.15) is 0 Å². The molecule has 0 N–H and O–H groups in total. The molecular formula is C45H27N3O. The largest absolute Gasteiger partial charge is 0.455 e. The SMILES string of the molecule is c1ccc(-c2ccc3cc(-c4nc(-c5ccccc5)nc(-c5cccc6c7oc8ccccc8c7c7ccccc7c56)n4)ccc3c2)cc1. The van der Waals surface area contributed by atoms with Gasteiger partial charge < -0.3 is 4.42 Å². The van der Waals surface area contributed by atoms with Gasteiger partial charge in [0.1, 0.15) is 11.2 Å². The van der Waals surface area contributed by atoms with Crippen LogP contribution in [0.15, 0.2) is 168 Å². The van der Waals surface area contributed by atoms with Crippen molar-refractivity contribution in [2.24, 2.45) is 0 Å². The molecule has 0 amide bonds. The highest BCUT2D eigenvalue weighted by Gasteiger charge is 2.20. The number of hydrogen-bond acceptors (Lipinski definition) is 4. The highest BCUT2D eigenvalue weighted by atomic mass is 16.3. The summed E-state index contributed by atoms with van der Waals surface area (Å²) in [7, 11) is 0. The molecule has 0 aliphatic rings. The van der Waals surface area contributed by atoms with Crippen LogP contribution in [0.4, 0.5) is 0 Å².